The van der Waals surface area contributed by atoms with Gasteiger partial charge in [-0.1, -0.05) is 6.07 Å². The van der Waals surface area contributed by atoms with Crippen molar-refractivity contribution in [2.75, 3.05) is 19.4 Å². The molecule has 2 aliphatic rings. The molecule has 114 valence electrons. The van der Waals surface area contributed by atoms with Crippen LogP contribution in [0.15, 0.2) is 28.1 Å². The highest BCUT2D eigenvalue weighted by Crippen LogP contribution is 2.46. The zero-order valence-electron chi connectivity index (χ0n) is 11.9. The minimum absolute atomic E-state index is 0.258. The number of thiophene rings is 1. The number of nitriles is 1. The quantitative estimate of drug-likeness (QED) is 0.613. The molecule has 22 heavy (non-hydrogen) atoms. The number of allylic oxidation sites excluding steroid dienone is 1. The second-order valence-electron chi connectivity index (χ2n) is 5.02. The van der Waals surface area contributed by atoms with Crippen molar-refractivity contribution in [3.05, 3.63) is 33.0 Å². The van der Waals surface area contributed by atoms with E-state index >= 15 is 0 Å². The Kier molecular flexibility index (Phi) is 4.23. The molecule has 1 amide bonds. The van der Waals surface area contributed by atoms with Crippen LogP contribution in [-0.2, 0) is 14.3 Å². The highest BCUT2D eigenvalue weighted by molar-refractivity contribution is 8.03. The Labute approximate surface area is 136 Å². The zero-order chi connectivity index (χ0) is 15.7. The number of nitrogens with zero attached hydrogens (tertiary/aromatic N) is 2. The predicted octanol–water partition coefficient (Wildman–Crippen LogP) is 2.34. The van der Waals surface area contributed by atoms with E-state index in [9.17, 15) is 14.9 Å². The Hall–Kier alpha value is -1.78. The number of hydrogen-bond acceptors (Lipinski definition) is 6. The van der Waals surface area contributed by atoms with Gasteiger partial charge in [-0.2, -0.15) is 5.26 Å². The fraction of sp³-hybridized carbons (Fsp3) is 0.400. The fourth-order valence-corrected chi connectivity index (χ4v) is 4.87. The lowest BCUT2D eigenvalue weighted by atomic mass is 9.81. The molecule has 0 saturated carbocycles. The van der Waals surface area contributed by atoms with Crippen LogP contribution in [0.3, 0.4) is 0 Å². The van der Waals surface area contributed by atoms with Gasteiger partial charge in [0.05, 0.1) is 29.7 Å². The minimum Gasteiger partial charge on any atom is -0.468 e. The van der Waals surface area contributed by atoms with Crippen LogP contribution in [0, 0.1) is 17.2 Å². The van der Waals surface area contributed by atoms with Crippen LogP contribution in [0.2, 0.25) is 0 Å². The van der Waals surface area contributed by atoms with Gasteiger partial charge in [0, 0.05) is 17.2 Å². The molecule has 0 unspecified atom stereocenters. The zero-order valence-corrected chi connectivity index (χ0v) is 13.6. The predicted molar refractivity (Wildman–Crippen MR) is 84.0 cm³/mol. The molecule has 2 aliphatic heterocycles. The van der Waals surface area contributed by atoms with Crippen molar-refractivity contribution < 1.29 is 14.3 Å². The molecule has 1 aromatic rings. The van der Waals surface area contributed by atoms with Gasteiger partial charge in [0.15, 0.2) is 0 Å². The summed E-state index contributed by atoms with van der Waals surface area (Å²) in [6.45, 7) is 0.553. The van der Waals surface area contributed by atoms with Crippen molar-refractivity contribution >= 4 is 35.0 Å². The van der Waals surface area contributed by atoms with E-state index in [0.717, 1.165) is 17.1 Å². The van der Waals surface area contributed by atoms with Gasteiger partial charge < -0.3 is 9.64 Å². The third-order valence-corrected chi connectivity index (χ3v) is 6.00. The Balaban J connectivity index is 2.18. The maximum atomic E-state index is 12.8. The van der Waals surface area contributed by atoms with Crippen LogP contribution in [0.1, 0.15) is 17.2 Å². The average Bonchev–Trinajstić information content (AvgIpc) is 3.08. The summed E-state index contributed by atoms with van der Waals surface area (Å²) in [5, 5.41) is 12.2. The van der Waals surface area contributed by atoms with Crippen molar-refractivity contribution in [3.8, 4) is 6.07 Å². The third-order valence-electron chi connectivity index (χ3n) is 3.84. The third kappa shape index (κ3) is 2.32. The van der Waals surface area contributed by atoms with Crippen LogP contribution in [0.5, 0.6) is 0 Å². The van der Waals surface area contributed by atoms with Gasteiger partial charge in [-0.15, -0.1) is 23.1 Å². The Morgan fingerprint density at radius 1 is 1.55 bits per heavy atom. The molecule has 0 N–H and O–H groups in total. The lowest BCUT2D eigenvalue weighted by Gasteiger charge is -2.39. The number of fused-ring (bicyclic) bond motifs is 1. The molecular formula is C15H14N2O3S2. The van der Waals surface area contributed by atoms with Crippen LogP contribution in [0.4, 0.5) is 0 Å². The van der Waals surface area contributed by atoms with Gasteiger partial charge in [0.25, 0.3) is 0 Å². The fourth-order valence-electron chi connectivity index (χ4n) is 2.87. The van der Waals surface area contributed by atoms with E-state index in [1.807, 2.05) is 17.5 Å². The van der Waals surface area contributed by atoms with E-state index in [2.05, 4.69) is 6.07 Å². The van der Waals surface area contributed by atoms with Crippen LogP contribution < -0.4 is 0 Å². The maximum Gasteiger partial charge on any atom is 0.319 e. The second kappa shape index (κ2) is 6.15. The van der Waals surface area contributed by atoms with Crippen LogP contribution >= 0.6 is 23.1 Å². The van der Waals surface area contributed by atoms with Gasteiger partial charge in [-0.3, -0.25) is 9.59 Å². The topological polar surface area (TPSA) is 70.4 Å². The summed E-state index contributed by atoms with van der Waals surface area (Å²) in [4.78, 5) is 27.4. The molecule has 0 aliphatic carbocycles. The average molecular weight is 334 g/mol. The van der Waals surface area contributed by atoms with Gasteiger partial charge in [0.2, 0.25) is 5.91 Å². The molecule has 3 heterocycles. The number of hydrogen-bond donors (Lipinski definition) is 0. The van der Waals surface area contributed by atoms with Crippen LogP contribution in [-0.4, -0.2) is 36.2 Å². The summed E-state index contributed by atoms with van der Waals surface area (Å²) >= 11 is 2.97. The highest BCUT2D eigenvalue weighted by Gasteiger charge is 2.48. The van der Waals surface area contributed by atoms with Gasteiger partial charge >= 0.3 is 5.97 Å². The molecule has 7 heteroatoms. The Bertz CT molecular complexity index is 675. The molecule has 5 nitrogen and oxygen atoms in total. The number of esters is 1. The lowest BCUT2D eigenvalue weighted by Crippen LogP contribution is -2.48. The lowest BCUT2D eigenvalue weighted by molar-refractivity contribution is -0.154. The van der Waals surface area contributed by atoms with E-state index in [4.69, 9.17) is 4.74 Å². The van der Waals surface area contributed by atoms with Crippen molar-refractivity contribution in [1.29, 1.82) is 5.26 Å². The number of rotatable bonds is 2. The summed E-state index contributed by atoms with van der Waals surface area (Å²) in [6, 6.07) is 5.96. The molecule has 0 bridgehead atoms. The number of amides is 1. The first-order chi connectivity index (χ1) is 10.7. The van der Waals surface area contributed by atoms with E-state index in [1.54, 1.807) is 4.90 Å². The number of ether oxygens (including phenoxy) is 1. The standard InChI is InChI=1S/C15H14N2O3S2/c1-20-15(19)12-11(10-4-2-6-21-10)9(8-16)14-17(13(12)18)5-3-7-22-14/h2,4,6,11-12H,3,5,7H2,1H3/t11-,12-/m1/s1. The molecule has 3 rings (SSSR count). The maximum absolute atomic E-state index is 12.8. The first-order valence-corrected chi connectivity index (χ1v) is 8.75. The van der Waals surface area contributed by atoms with Crippen LogP contribution in [0.25, 0.3) is 0 Å². The molecular weight excluding hydrogens is 320 g/mol. The summed E-state index contributed by atoms with van der Waals surface area (Å²) in [5.74, 6) is -1.47. The van der Waals surface area contributed by atoms with Crippen molar-refractivity contribution in [2.45, 2.75) is 12.3 Å². The first kappa shape index (κ1) is 15.1. The minimum atomic E-state index is -0.972. The van der Waals surface area contributed by atoms with Gasteiger partial charge in [-0.05, 0) is 17.9 Å². The molecule has 2 atom stereocenters. The number of carbonyl (C=O) groups excluding carboxylic acids is 2. The van der Waals surface area contributed by atoms with E-state index in [1.165, 1.54) is 30.2 Å². The van der Waals surface area contributed by atoms with E-state index in [-0.39, 0.29) is 5.91 Å². The molecule has 1 fully saturated rings. The van der Waals surface area contributed by atoms with Crippen molar-refractivity contribution in [3.63, 3.8) is 0 Å². The van der Waals surface area contributed by atoms with E-state index < -0.39 is 17.8 Å². The Morgan fingerprint density at radius 3 is 3.00 bits per heavy atom. The Morgan fingerprint density at radius 2 is 2.36 bits per heavy atom. The van der Waals surface area contributed by atoms with Gasteiger partial charge in [0.1, 0.15) is 5.92 Å². The van der Waals surface area contributed by atoms with Crippen molar-refractivity contribution in [2.24, 2.45) is 5.92 Å². The SMILES string of the molecule is COC(=O)[C@H]1C(=O)N2CCCSC2=C(C#N)[C@@H]1c1cccs1. The number of thioether (sulfide) groups is 1. The summed E-state index contributed by atoms with van der Waals surface area (Å²) in [5.41, 5.74) is 0.502. The number of carbonyl (C=O) groups is 2. The van der Waals surface area contributed by atoms with Gasteiger partial charge in [-0.25, -0.2) is 0 Å². The molecule has 0 aromatic carbocycles. The monoisotopic (exact) mass is 334 g/mol. The second-order valence-corrected chi connectivity index (χ2v) is 7.08. The summed E-state index contributed by atoms with van der Waals surface area (Å²) in [6.07, 6.45) is 0.857. The normalized spacial score (nSPS) is 24.7. The van der Waals surface area contributed by atoms with E-state index in [0.29, 0.717) is 17.1 Å². The smallest absolute Gasteiger partial charge is 0.319 e. The summed E-state index contributed by atoms with van der Waals surface area (Å²) in [7, 11) is 1.28. The van der Waals surface area contributed by atoms with Crippen molar-refractivity contribution in [1.82, 2.24) is 4.90 Å². The molecule has 1 aromatic heterocycles. The molecule has 0 radical (unpaired) electrons. The molecule has 0 spiro atoms. The first-order valence-electron chi connectivity index (χ1n) is 6.88. The highest BCUT2D eigenvalue weighted by atomic mass is 32.2. The largest absolute Gasteiger partial charge is 0.468 e. The summed E-state index contributed by atoms with van der Waals surface area (Å²) < 4.78 is 4.84. The number of methoxy groups -OCH3 is 1. The molecule has 1 saturated heterocycles.